The van der Waals surface area contributed by atoms with Crippen molar-refractivity contribution in [3.63, 3.8) is 0 Å². The van der Waals surface area contributed by atoms with Crippen LogP contribution in [0.25, 0.3) is 0 Å². The topological polar surface area (TPSA) is 84.7 Å². The second-order valence-corrected chi connectivity index (χ2v) is 6.20. The van der Waals surface area contributed by atoms with Crippen LogP contribution in [-0.4, -0.2) is 47.6 Å². The molecule has 26 heavy (non-hydrogen) atoms. The van der Waals surface area contributed by atoms with Crippen LogP contribution in [0.5, 0.6) is 0 Å². The number of anilines is 1. The van der Waals surface area contributed by atoms with Gasteiger partial charge in [0.25, 0.3) is 5.69 Å². The van der Waals surface area contributed by atoms with Gasteiger partial charge in [0.2, 0.25) is 5.91 Å². The number of nitrogens with one attached hydrogen (secondary N) is 1. The summed E-state index contributed by atoms with van der Waals surface area (Å²) in [6.45, 7) is 4.68. The zero-order valence-corrected chi connectivity index (χ0v) is 14.4. The Bertz CT molecular complexity index is 681. The molecule has 0 aliphatic carbocycles. The summed E-state index contributed by atoms with van der Waals surface area (Å²) in [4.78, 5) is 24.1. The van der Waals surface area contributed by atoms with Crippen LogP contribution in [0.4, 0.5) is 24.5 Å². The summed E-state index contributed by atoms with van der Waals surface area (Å²) >= 11 is 0. The minimum atomic E-state index is -4.66. The number of hydrogen-bond acceptors (Lipinski definition) is 5. The quantitative estimate of drug-likeness (QED) is 0.632. The van der Waals surface area contributed by atoms with Gasteiger partial charge in [0.05, 0.1) is 29.2 Å². The zero-order chi connectivity index (χ0) is 19.5. The number of benzene rings is 1. The first-order chi connectivity index (χ1) is 12.1. The SMILES string of the molecule is CC1CN(C(=O)CCNc2ccc(C(F)(F)F)cc2[N+](=O)[O-])C(C)CO1. The summed E-state index contributed by atoms with van der Waals surface area (Å²) in [5.41, 5.74) is -1.83. The Labute approximate surface area is 148 Å². The lowest BCUT2D eigenvalue weighted by Crippen LogP contribution is -2.50. The number of ether oxygens (including phenoxy) is 1. The predicted molar refractivity (Wildman–Crippen MR) is 87.8 cm³/mol. The number of hydrogen-bond donors (Lipinski definition) is 1. The molecule has 2 atom stereocenters. The number of nitro groups is 1. The number of alkyl halides is 3. The van der Waals surface area contributed by atoms with Crippen LogP contribution >= 0.6 is 0 Å². The maximum absolute atomic E-state index is 12.7. The fourth-order valence-corrected chi connectivity index (χ4v) is 2.71. The van der Waals surface area contributed by atoms with E-state index in [1.165, 1.54) is 0 Å². The van der Waals surface area contributed by atoms with Gasteiger partial charge in [-0.2, -0.15) is 13.2 Å². The average Bonchev–Trinajstić information content (AvgIpc) is 2.56. The number of rotatable bonds is 5. The molecule has 0 bridgehead atoms. The van der Waals surface area contributed by atoms with Gasteiger partial charge in [0.1, 0.15) is 5.69 Å². The lowest BCUT2D eigenvalue weighted by atomic mass is 10.1. The van der Waals surface area contributed by atoms with Gasteiger partial charge in [-0.1, -0.05) is 0 Å². The Balaban J connectivity index is 2.00. The molecule has 10 heteroatoms. The number of carbonyl (C=O) groups is 1. The average molecular weight is 375 g/mol. The van der Waals surface area contributed by atoms with Crippen LogP contribution in [0.1, 0.15) is 25.8 Å². The van der Waals surface area contributed by atoms with Crippen molar-refractivity contribution in [2.24, 2.45) is 0 Å². The molecule has 1 N–H and O–H groups in total. The monoisotopic (exact) mass is 375 g/mol. The number of nitro benzene ring substituents is 1. The lowest BCUT2D eigenvalue weighted by Gasteiger charge is -2.36. The third-order valence-electron chi connectivity index (χ3n) is 4.10. The molecule has 0 radical (unpaired) electrons. The first-order valence-corrected chi connectivity index (χ1v) is 8.10. The van der Waals surface area contributed by atoms with Crippen molar-refractivity contribution in [1.82, 2.24) is 4.90 Å². The molecule has 144 valence electrons. The molecule has 1 saturated heterocycles. The van der Waals surface area contributed by atoms with Crippen molar-refractivity contribution in [3.8, 4) is 0 Å². The standard InChI is InChI=1S/C16H20F3N3O4/c1-10-9-26-11(2)8-21(10)15(23)5-6-20-13-4-3-12(16(17,18)19)7-14(13)22(24)25/h3-4,7,10-11,20H,5-6,8-9H2,1-2H3. The highest BCUT2D eigenvalue weighted by molar-refractivity contribution is 5.77. The number of halogens is 3. The lowest BCUT2D eigenvalue weighted by molar-refractivity contribution is -0.384. The Morgan fingerprint density at radius 1 is 1.42 bits per heavy atom. The Kier molecular flexibility index (Phi) is 6.06. The molecule has 1 aromatic carbocycles. The predicted octanol–water partition coefficient (Wildman–Crippen LogP) is 3.05. The van der Waals surface area contributed by atoms with Crippen LogP contribution in [0.3, 0.4) is 0 Å². The normalized spacial score (nSPS) is 20.7. The van der Waals surface area contributed by atoms with Crippen LogP contribution in [0.15, 0.2) is 18.2 Å². The summed E-state index contributed by atoms with van der Waals surface area (Å²) in [5.74, 6) is -0.144. The van der Waals surface area contributed by atoms with E-state index in [1.54, 1.807) is 4.90 Å². The minimum absolute atomic E-state index is 0.0563. The summed E-state index contributed by atoms with van der Waals surface area (Å²) in [6.07, 6.45) is -4.67. The van der Waals surface area contributed by atoms with E-state index in [1.807, 2.05) is 13.8 Å². The summed E-state index contributed by atoms with van der Waals surface area (Å²) in [6, 6.07) is 2.18. The molecule has 0 aromatic heterocycles. The molecule has 2 rings (SSSR count). The molecule has 1 fully saturated rings. The Morgan fingerprint density at radius 3 is 2.73 bits per heavy atom. The molecular formula is C16H20F3N3O4. The molecular weight excluding hydrogens is 355 g/mol. The maximum Gasteiger partial charge on any atom is 0.416 e. The van der Waals surface area contributed by atoms with E-state index in [0.717, 1.165) is 12.1 Å². The van der Waals surface area contributed by atoms with Gasteiger partial charge in [-0.05, 0) is 26.0 Å². The van der Waals surface area contributed by atoms with Crippen molar-refractivity contribution in [2.45, 2.75) is 38.6 Å². The van der Waals surface area contributed by atoms with E-state index in [-0.39, 0.29) is 36.7 Å². The van der Waals surface area contributed by atoms with Crippen LogP contribution < -0.4 is 5.32 Å². The fraction of sp³-hybridized carbons (Fsp3) is 0.562. The molecule has 1 aliphatic rings. The molecule has 1 aliphatic heterocycles. The number of amides is 1. The van der Waals surface area contributed by atoms with Gasteiger partial charge in [0, 0.05) is 25.6 Å². The first-order valence-electron chi connectivity index (χ1n) is 8.10. The van der Waals surface area contributed by atoms with Crippen molar-refractivity contribution in [3.05, 3.63) is 33.9 Å². The highest BCUT2D eigenvalue weighted by Gasteiger charge is 2.33. The van der Waals surface area contributed by atoms with Crippen LogP contribution in [0.2, 0.25) is 0 Å². The second kappa shape index (κ2) is 7.90. The van der Waals surface area contributed by atoms with E-state index in [9.17, 15) is 28.1 Å². The molecule has 1 amide bonds. The van der Waals surface area contributed by atoms with Crippen molar-refractivity contribution >= 4 is 17.3 Å². The van der Waals surface area contributed by atoms with E-state index >= 15 is 0 Å². The van der Waals surface area contributed by atoms with Gasteiger partial charge < -0.3 is 15.0 Å². The molecule has 7 nitrogen and oxygen atoms in total. The smallest absolute Gasteiger partial charge is 0.379 e. The van der Waals surface area contributed by atoms with E-state index in [4.69, 9.17) is 4.74 Å². The van der Waals surface area contributed by atoms with Gasteiger partial charge in [-0.25, -0.2) is 0 Å². The second-order valence-electron chi connectivity index (χ2n) is 6.20. The largest absolute Gasteiger partial charge is 0.416 e. The Morgan fingerprint density at radius 2 is 2.12 bits per heavy atom. The van der Waals surface area contributed by atoms with Crippen molar-refractivity contribution in [2.75, 3.05) is 25.0 Å². The minimum Gasteiger partial charge on any atom is -0.379 e. The summed E-state index contributed by atoms with van der Waals surface area (Å²) in [7, 11) is 0. The Hall–Kier alpha value is -2.36. The summed E-state index contributed by atoms with van der Waals surface area (Å²) < 4.78 is 43.5. The number of nitrogens with zero attached hydrogens (tertiary/aromatic N) is 2. The maximum atomic E-state index is 12.7. The molecule has 1 aromatic rings. The third kappa shape index (κ3) is 4.84. The van der Waals surface area contributed by atoms with Crippen molar-refractivity contribution < 1.29 is 27.6 Å². The van der Waals surface area contributed by atoms with E-state index in [2.05, 4.69) is 5.32 Å². The van der Waals surface area contributed by atoms with Gasteiger partial charge in [-0.3, -0.25) is 14.9 Å². The van der Waals surface area contributed by atoms with Gasteiger partial charge >= 0.3 is 6.18 Å². The third-order valence-corrected chi connectivity index (χ3v) is 4.10. The highest BCUT2D eigenvalue weighted by Crippen LogP contribution is 2.34. The molecule has 0 spiro atoms. The number of carbonyl (C=O) groups excluding carboxylic acids is 1. The fourth-order valence-electron chi connectivity index (χ4n) is 2.71. The summed E-state index contributed by atoms with van der Waals surface area (Å²) in [5, 5.41) is 13.7. The van der Waals surface area contributed by atoms with E-state index in [0.29, 0.717) is 19.2 Å². The van der Waals surface area contributed by atoms with Crippen LogP contribution in [0, 0.1) is 10.1 Å². The van der Waals surface area contributed by atoms with Crippen LogP contribution in [-0.2, 0) is 15.7 Å². The molecule has 2 unspecified atom stereocenters. The van der Waals surface area contributed by atoms with Gasteiger partial charge in [0.15, 0.2) is 0 Å². The molecule has 0 saturated carbocycles. The highest BCUT2D eigenvalue weighted by atomic mass is 19.4. The zero-order valence-electron chi connectivity index (χ0n) is 14.4. The number of morpholine rings is 1. The molecule has 1 heterocycles. The van der Waals surface area contributed by atoms with Crippen molar-refractivity contribution in [1.29, 1.82) is 0 Å². The first kappa shape index (κ1) is 20.0. The van der Waals surface area contributed by atoms with E-state index < -0.39 is 22.4 Å². The van der Waals surface area contributed by atoms with Gasteiger partial charge in [-0.15, -0.1) is 0 Å².